The zero-order valence-electron chi connectivity index (χ0n) is 18.3. The van der Waals surface area contributed by atoms with Gasteiger partial charge in [-0.3, -0.25) is 9.59 Å². The van der Waals surface area contributed by atoms with Crippen molar-refractivity contribution in [3.8, 4) is 0 Å². The maximum absolute atomic E-state index is 13.6. The van der Waals surface area contributed by atoms with Crippen molar-refractivity contribution in [3.05, 3.63) is 58.8 Å². The van der Waals surface area contributed by atoms with Gasteiger partial charge in [-0.15, -0.1) is 0 Å². The number of aromatic nitrogens is 1. The van der Waals surface area contributed by atoms with Crippen LogP contribution in [0.2, 0.25) is 0 Å². The number of carbonyl (C=O) groups excluding carboxylic acids is 1. The molecule has 1 unspecified atom stereocenters. The minimum atomic E-state index is -1.09. The number of likely N-dealkylation sites (tertiary alicyclic amines) is 1. The van der Waals surface area contributed by atoms with Crippen LogP contribution in [0.1, 0.15) is 55.0 Å². The number of rotatable bonds is 9. The number of carbonyl (C=O) groups is 2. The maximum Gasteiger partial charge on any atom is 0.305 e. The quantitative estimate of drug-likeness (QED) is 0.418. The van der Waals surface area contributed by atoms with Crippen LogP contribution in [0.15, 0.2) is 30.3 Å². The summed E-state index contributed by atoms with van der Waals surface area (Å²) in [6.07, 6.45) is 5.18. The van der Waals surface area contributed by atoms with Crippen LogP contribution in [-0.4, -0.2) is 40.0 Å². The summed E-state index contributed by atoms with van der Waals surface area (Å²) in [4.78, 5) is 30.1. The molecule has 0 aliphatic carbocycles. The minimum absolute atomic E-state index is 0. The normalized spacial score (nSPS) is 17.9. The predicted octanol–water partition coefficient (Wildman–Crippen LogP) is 4.22. The first-order valence-electron chi connectivity index (χ1n) is 11.1. The van der Waals surface area contributed by atoms with Gasteiger partial charge in [0.15, 0.2) is 11.6 Å². The molecule has 0 bridgehead atoms. The molecule has 33 heavy (non-hydrogen) atoms. The summed E-state index contributed by atoms with van der Waals surface area (Å²) < 4.78 is 26.9. The number of aryl methyl sites for hydroxylation is 2. The second-order valence-electron chi connectivity index (χ2n) is 8.56. The zero-order chi connectivity index (χ0) is 22.7. The number of nitrogens with zero attached hydrogens (tertiary/aromatic N) is 2. The van der Waals surface area contributed by atoms with E-state index in [2.05, 4.69) is 22.4 Å². The summed E-state index contributed by atoms with van der Waals surface area (Å²) >= 11 is 0. The standard InChI is InChI=1S/C24H27F2N3O3.H2S/c25-19-10-8-16(12-20(19)26)21(13-22(30)31)29-14-17(24(29)32)4-1-2-6-18-9-7-15-5-3-11-27-23(15)28-18;/h7-10,12,17,21H,1-6,11,13-14H2,(H,27,28)(H,30,31);1H2/t17?,21-;/m0./s1. The Balaban J connectivity index is 0.00000306. The lowest BCUT2D eigenvalue weighted by molar-refractivity contribution is -0.154. The van der Waals surface area contributed by atoms with Crippen LogP contribution in [0.25, 0.3) is 0 Å². The van der Waals surface area contributed by atoms with E-state index in [1.165, 1.54) is 16.5 Å². The van der Waals surface area contributed by atoms with E-state index in [-0.39, 0.29) is 31.7 Å². The topological polar surface area (TPSA) is 82.5 Å². The number of carboxylic acid groups (broad SMARTS) is 1. The number of amides is 1. The van der Waals surface area contributed by atoms with Gasteiger partial charge in [0.1, 0.15) is 5.82 Å². The third-order valence-electron chi connectivity index (χ3n) is 6.31. The summed E-state index contributed by atoms with van der Waals surface area (Å²) in [5.74, 6) is -2.44. The van der Waals surface area contributed by atoms with E-state index in [1.807, 2.05) is 0 Å². The number of unbranched alkanes of at least 4 members (excludes halogenated alkanes) is 1. The van der Waals surface area contributed by atoms with Gasteiger partial charge < -0.3 is 15.3 Å². The number of anilines is 1. The van der Waals surface area contributed by atoms with E-state index in [0.717, 1.165) is 68.7 Å². The van der Waals surface area contributed by atoms with Gasteiger partial charge >= 0.3 is 5.97 Å². The molecule has 1 fully saturated rings. The summed E-state index contributed by atoms with van der Waals surface area (Å²) in [5, 5.41) is 12.6. The van der Waals surface area contributed by atoms with Crippen LogP contribution in [0, 0.1) is 17.6 Å². The number of nitrogens with one attached hydrogen (secondary N) is 1. The highest BCUT2D eigenvalue weighted by Gasteiger charge is 2.41. The zero-order valence-corrected chi connectivity index (χ0v) is 19.3. The third-order valence-corrected chi connectivity index (χ3v) is 6.31. The van der Waals surface area contributed by atoms with Gasteiger partial charge in [-0.25, -0.2) is 13.8 Å². The largest absolute Gasteiger partial charge is 0.481 e. The van der Waals surface area contributed by atoms with Gasteiger partial charge in [0.25, 0.3) is 0 Å². The van der Waals surface area contributed by atoms with E-state index in [4.69, 9.17) is 0 Å². The Labute approximate surface area is 198 Å². The molecule has 0 radical (unpaired) electrons. The molecule has 2 atom stereocenters. The number of fused-ring (bicyclic) bond motifs is 1. The molecule has 9 heteroatoms. The molecule has 2 aromatic rings. The molecule has 1 aromatic carbocycles. The molecule has 2 aliphatic rings. The summed E-state index contributed by atoms with van der Waals surface area (Å²) in [6.45, 7) is 1.38. The van der Waals surface area contributed by atoms with Crippen molar-refractivity contribution in [1.82, 2.24) is 9.88 Å². The van der Waals surface area contributed by atoms with Crippen molar-refractivity contribution in [2.24, 2.45) is 5.92 Å². The Bertz CT molecular complexity index is 1020. The summed E-state index contributed by atoms with van der Waals surface area (Å²) in [5.41, 5.74) is 2.60. The Morgan fingerprint density at radius 2 is 2.03 bits per heavy atom. The van der Waals surface area contributed by atoms with Gasteiger partial charge in [0.05, 0.1) is 18.4 Å². The van der Waals surface area contributed by atoms with Gasteiger partial charge in [-0.05, 0) is 61.4 Å². The van der Waals surface area contributed by atoms with Crippen molar-refractivity contribution < 1.29 is 23.5 Å². The van der Waals surface area contributed by atoms with Crippen molar-refractivity contribution in [1.29, 1.82) is 0 Å². The number of pyridine rings is 1. The second-order valence-corrected chi connectivity index (χ2v) is 8.56. The van der Waals surface area contributed by atoms with Gasteiger partial charge in [-0.2, -0.15) is 13.5 Å². The fraction of sp³-hybridized carbons (Fsp3) is 0.458. The van der Waals surface area contributed by atoms with Gasteiger partial charge in [-0.1, -0.05) is 18.6 Å². The van der Waals surface area contributed by atoms with Crippen LogP contribution >= 0.6 is 13.5 Å². The fourth-order valence-corrected chi connectivity index (χ4v) is 4.52. The van der Waals surface area contributed by atoms with Crippen LogP contribution in [-0.2, 0) is 22.4 Å². The number of carboxylic acids is 1. The first kappa shape index (κ1) is 25.0. The highest BCUT2D eigenvalue weighted by molar-refractivity contribution is 7.59. The average Bonchev–Trinajstić information content (AvgIpc) is 2.78. The second kappa shape index (κ2) is 11.0. The molecule has 3 heterocycles. The smallest absolute Gasteiger partial charge is 0.305 e. The first-order chi connectivity index (χ1) is 15.4. The molecule has 6 nitrogen and oxygen atoms in total. The lowest BCUT2D eigenvalue weighted by Gasteiger charge is -2.43. The molecule has 0 saturated carbocycles. The Kier molecular flexibility index (Phi) is 8.29. The third kappa shape index (κ3) is 5.82. The maximum atomic E-state index is 13.6. The number of β-lactam (4-membered cyclic amide) rings is 1. The molecule has 178 valence electrons. The summed E-state index contributed by atoms with van der Waals surface area (Å²) in [7, 11) is 0. The predicted molar refractivity (Wildman–Crippen MR) is 126 cm³/mol. The van der Waals surface area contributed by atoms with Crippen LogP contribution < -0.4 is 5.32 Å². The van der Waals surface area contributed by atoms with Crippen molar-refractivity contribution in [3.63, 3.8) is 0 Å². The molecule has 1 amide bonds. The number of halogens is 2. The van der Waals surface area contributed by atoms with Crippen LogP contribution in [0.3, 0.4) is 0 Å². The number of hydrogen-bond donors (Lipinski definition) is 2. The molecule has 1 aromatic heterocycles. The molecular weight excluding hydrogens is 448 g/mol. The molecular formula is C24H29F2N3O3S. The van der Waals surface area contributed by atoms with Crippen molar-refractivity contribution >= 4 is 31.2 Å². The minimum Gasteiger partial charge on any atom is -0.481 e. The number of aliphatic carboxylic acids is 1. The SMILES string of the molecule is O=C(O)C[C@@H](c1ccc(F)c(F)c1)N1CC(CCCCc2ccc3c(n2)NCCC3)C1=O.S. The van der Waals surface area contributed by atoms with E-state index in [1.54, 1.807) is 0 Å². The number of benzene rings is 1. The molecule has 2 N–H and O–H groups in total. The molecule has 4 rings (SSSR count). The molecule has 2 aliphatic heterocycles. The Morgan fingerprint density at radius 3 is 2.76 bits per heavy atom. The van der Waals surface area contributed by atoms with Crippen molar-refractivity contribution in [2.75, 3.05) is 18.4 Å². The molecule has 0 spiro atoms. The van der Waals surface area contributed by atoms with E-state index < -0.39 is 23.6 Å². The van der Waals surface area contributed by atoms with Gasteiger partial charge in [0.2, 0.25) is 5.91 Å². The van der Waals surface area contributed by atoms with Crippen molar-refractivity contribution in [2.45, 2.75) is 51.0 Å². The summed E-state index contributed by atoms with van der Waals surface area (Å²) in [6, 6.07) is 6.69. The average molecular weight is 478 g/mol. The highest BCUT2D eigenvalue weighted by Crippen LogP contribution is 2.35. The Hall–Kier alpha value is -2.68. The van der Waals surface area contributed by atoms with Crippen LogP contribution in [0.4, 0.5) is 14.6 Å². The molecule has 1 saturated heterocycles. The number of hydrogen-bond acceptors (Lipinski definition) is 4. The lowest BCUT2D eigenvalue weighted by Crippen LogP contribution is -2.54. The van der Waals surface area contributed by atoms with Crippen LogP contribution in [0.5, 0.6) is 0 Å². The monoisotopic (exact) mass is 477 g/mol. The Morgan fingerprint density at radius 1 is 1.21 bits per heavy atom. The van der Waals surface area contributed by atoms with E-state index in [9.17, 15) is 23.5 Å². The fourth-order valence-electron chi connectivity index (χ4n) is 4.52. The van der Waals surface area contributed by atoms with E-state index >= 15 is 0 Å². The highest BCUT2D eigenvalue weighted by atomic mass is 32.1. The lowest BCUT2D eigenvalue weighted by atomic mass is 9.88. The van der Waals surface area contributed by atoms with E-state index in [0.29, 0.717) is 12.1 Å². The van der Waals surface area contributed by atoms with Gasteiger partial charge in [0, 0.05) is 18.8 Å². The first-order valence-corrected chi connectivity index (χ1v) is 11.1.